The van der Waals surface area contributed by atoms with Gasteiger partial charge in [-0.15, -0.1) is 0 Å². The summed E-state index contributed by atoms with van der Waals surface area (Å²) in [5.41, 5.74) is 7.36. The van der Waals surface area contributed by atoms with Gasteiger partial charge in [-0.05, 0) is 26.0 Å². The predicted octanol–water partition coefficient (Wildman–Crippen LogP) is 1.83. The Morgan fingerprint density at radius 2 is 2.32 bits per heavy atom. The Bertz CT molecular complexity index is 576. The summed E-state index contributed by atoms with van der Waals surface area (Å²) in [7, 11) is 0. The van der Waals surface area contributed by atoms with Gasteiger partial charge in [0.05, 0.1) is 0 Å². The number of carbonyl (C=O) groups is 1. The molecule has 0 saturated heterocycles. The molecule has 0 bridgehead atoms. The molecular formula is C14H18N4O. The van der Waals surface area contributed by atoms with E-state index in [1.54, 1.807) is 12.4 Å². The van der Waals surface area contributed by atoms with Gasteiger partial charge in [-0.25, -0.2) is 4.98 Å². The Hall–Kier alpha value is -2.30. The number of nitrogens with two attached hydrogens (primary N) is 1. The van der Waals surface area contributed by atoms with E-state index in [1.165, 1.54) is 0 Å². The number of amides is 1. The second kappa shape index (κ2) is 5.56. The van der Waals surface area contributed by atoms with E-state index in [2.05, 4.69) is 10.3 Å². The first-order valence-corrected chi connectivity index (χ1v) is 6.30. The number of hydrogen-bond donors (Lipinski definition) is 2. The molecule has 100 valence electrons. The number of nitrogens with one attached hydrogen (secondary N) is 1. The zero-order valence-electron chi connectivity index (χ0n) is 11.1. The third-order valence-electron chi connectivity index (χ3n) is 2.96. The molecule has 1 aromatic carbocycles. The zero-order valence-corrected chi connectivity index (χ0v) is 11.1. The predicted molar refractivity (Wildman–Crippen MR) is 75.5 cm³/mol. The van der Waals surface area contributed by atoms with Crippen LogP contribution in [0.2, 0.25) is 0 Å². The topological polar surface area (TPSA) is 72.9 Å². The fraction of sp³-hybridized carbons (Fsp3) is 0.286. The maximum atomic E-state index is 11.9. The Kier molecular flexibility index (Phi) is 3.85. The lowest BCUT2D eigenvalue weighted by Crippen LogP contribution is -2.30. The number of anilines is 1. The summed E-state index contributed by atoms with van der Waals surface area (Å²) in [6, 6.07) is 7.17. The van der Waals surface area contributed by atoms with Gasteiger partial charge in [0.2, 0.25) is 5.91 Å². The van der Waals surface area contributed by atoms with Crippen molar-refractivity contribution in [2.24, 2.45) is 0 Å². The van der Waals surface area contributed by atoms with Crippen molar-refractivity contribution < 1.29 is 4.79 Å². The molecule has 1 amide bonds. The Balaban J connectivity index is 2.35. The fourth-order valence-corrected chi connectivity index (χ4v) is 1.98. The zero-order chi connectivity index (χ0) is 13.8. The number of rotatable bonds is 4. The number of carbonyl (C=O) groups excluding carboxylic acids is 1. The van der Waals surface area contributed by atoms with Crippen molar-refractivity contribution in [3.05, 3.63) is 36.7 Å². The lowest BCUT2D eigenvalue weighted by atomic mass is 10.2. The number of aromatic nitrogens is 2. The molecule has 0 spiro atoms. The van der Waals surface area contributed by atoms with E-state index in [1.807, 2.05) is 42.7 Å². The lowest BCUT2D eigenvalue weighted by Gasteiger charge is -2.16. The van der Waals surface area contributed by atoms with E-state index in [-0.39, 0.29) is 11.9 Å². The largest absolute Gasteiger partial charge is 0.399 e. The molecule has 1 atom stereocenters. The highest BCUT2D eigenvalue weighted by Crippen LogP contribution is 2.22. The first-order valence-electron chi connectivity index (χ1n) is 6.30. The average molecular weight is 258 g/mol. The van der Waals surface area contributed by atoms with Crippen molar-refractivity contribution in [3.8, 4) is 11.4 Å². The van der Waals surface area contributed by atoms with Crippen LogP contribution in [0.3, 0.4) is 0 Å². The number of nitrogen functional groups attached to an aromatic ring is 1. The lowest BCUT2D eigenvalue weighted by molar-refractivity contribution is -0.123. The summed E-state index contributed by atoms with van der Waals surface area (Å²) in [6.07, 6.45) is 3.49. The van der Waals surface area contributed by atoms with Crippen LogP contribution in [-0.4, -0.2) is 22.0 Å². The summed E-state index contributed by atoms with van der Waals surface area (Å²) in [4.78, 5) is 16.2. The minimum absolute atomic E-state index is 0.0225. The van der Waals surface area contributed by atoms with Crippen molar-refractivity contribution in [2.75, 3.05) is 12.3 Å². The van der Waals surface area contributed by atoms with Crippen LogP contribution >= 0.6 is 0 Å². The molecule has 0 aliphatic heterocycles. The molecule has 1 aromatic heterocycles. The van der Waals surface area contributed by atoms with Crippen LogP contribution in [0.5, 0.6) is 0 Å². The molecule has 5 heteroatoms. The molecule has 1 unspecified atom stereocenters. The molecule has 19 heavy (non-hydrogen) atoms. The Labute approximate surface area is 112 Å². The van der Waals surface area contributed by atoms with E-state index in [0.717, 1.165) is 11.4 Å². The van der Waals surface area contributed by atoms with Crippen LogP contribution in [-0.2, 0) is 4.79 Å². The fourth-order valence-electron chi connectivity index (χ4n) is 1.98. The molecule has 5 nitrogen and oxygen atoms in total. The summed E-state index contributed by atoms with van der Waals surface area (Å²) >= 11 is 0. The molecule has 0 saturated carbocycles. The smallest absolute Gasteiger partial charge is 0.242 e. The van der Waals surface area contributed by atoms with Gasteiger partial charge in [-0.3, -0.25) is 4.79 Å². The van der Waals surface area contributed by atoms with Crippen LogP contribution < -0.4 is 11.1 Å². The first-order chi connectivity index (χ1) is 9.13. The molecular weight excluding hydrogens is 240 g/mol. The van der Waals surface area contributed by atoms with Gasteiger partial charge in [-0.2, -0.15) is 0 Å². The summed E-state index contributed by atoms with van der Waals surface area (Å²) in [5.74, 6) is 0.719. The van der Waals surface area contributed by atoms with Gasteiger partial charge >= 0.3 is 0 Å². The Morgan fingerprint density at radius 3 is 3.00 bits per heavy atom. The highest BCUT2D eigenvalue weighted by atomic mass is 16.2. The highest BCUT2D eigenvalue weighted by Gasteiger charge is 2.17. The van der Waals surface area contributed by atoms with Gasteiger partial charge in [0.1, 0.15) is 11.9 Å². The number of likely N-dealkylation sites (N-methyl/N-ethyl adjacent to an activating group) is 1. The van der Waals surface area contributed by atoms with Crippen molar-refractivity contribution in [2.45, 2.75) is 19.9 Å². The maximum Gasteiger partial charge on any atom is 0.242 e. The Morgan fingerprint density at radius 1 is 1.53 bits per heavy atom. The van der Waals surface area contributed by atoms with Gasteiger partial charge in [-0.1, -0.05) is 12.1 Å². The van der Waals surface area contributed by atoms with Crippen LogP contribution in [0.4, 0.5) is 5.69 Å². The van der Waals surface area contributed by atoms with Crippen molar-refractivity contribution >= 4 is 11.6 Å². The van der Waals surface area contributed by atoms with E-state index in [9.17, 15) is 4.79 Å². The molecule has 3 N–H and O–H groups in total. The van der Waals surface area contributed by atoms with Gasteiger partial charge < -0.3 is 15.6 Å². The minimum Gasteiger partial charge on any atom is -0.399 e. The van der Waals surface area contributed by atoms with Crippen LogP contribution in [0.25, 0.3) is 11.4 Å². The van der Waals surface area contributed by atoms with Gasteiger partial charge in [0.25, 0.3) is 0 Å². The molecule has 2 aromatic rings. The van der Waals surface area contributed by atoms with Gasteiger partial charge in [0.15, 0.2) is 0 Å². The summed E-state index contributed by atoms with van der Waals surface area (Å²) < 4.78 is 1.85. The number of nitrogens with zero attached hydrogens (tertiary/aromatic N) is 2. The van der Waals surface area contributed by atoms with Crippen LogP contribution in [0.15, 0.2) is 36.7 Å². The minimum atomic E-state index is -0.307. The first kappa shape index (κ1) is 13.1. The van der Waals surface area contributed by atoms with E-state index < -0.39 is 0 Å². The maximum absolute atomic E-state index is 11.9. The molecule has 2 rings (SSSR count). The summed E-state index contributed by atoms with van der Waals surface area (Å²) in [5, 5.41) is 2.81. The molecule has 0 fully saturated rings. The highest BCUT2D eigenvalue weighted by molar-refractivity contribution is 5.80. The van der Waals surface area contributed by atoms with E-state index in [0.29, 0.717) is 12.2 Å². The van der Waals surface area contributed by atoms with Crippen molar-refractivity contribution in [1.29, 1.82) is 0 Å². The number of hydrogen-bond acceptors (Lipinski definition) is 3. The monoisotopic (exact) mass is 258 g/mol. The molecule has 0 radical (unpaired) electrons. The normalized spacial score (nSPS) is 12.1. The number of imidazole rings is 1. The summed E-state index contributed by atoms with van der Waals surface area (Å²) in [6.45, 7) is 4.37. The second-order valence-corrected chi connectivity index (χ2v) is 4.35. The third kappa shape index (κ3) is 2.76. The van der Waals surface area contributed by atoms with Crippen LogP contribution in [0, 0.1) is 0 Å². The molecule has 0 aliphatic rings. The SMILES string of the molecule is CCNC(=O)C(C)n1ccnc1-c1cccc(N)c1. The number of benzene rings is 1. The second-order valence-electron chi connectivity index (χ2n) is 4.35. The van der Waals surface area contributed by atoms with Crippen LogP contribution in [0.1, 0.15) is 19.9 Å². The standard InChI is InChI=1S/C14H18N4O/c1-3-16-14(19)10(2)18-8-7-17-13(18)11-5-4-6-12(15)9-11/h4-10H,3,15H2,1-2H3,(H,16,19). The quantitative estimate of drug-likeness (QED) is 0.822. The van der Waals surface area contributed by atoms with Crippen molar-refractivity contribution in [3.63, 3.8) is 0 Å². The van der Waals surface area contributed by atoms with E-state index in [4.69, 9.17) is 5.73 Å². The van der Waals surface area contributed by atoms with E-state index >= 15 is 0 Å². The van der Waals surface area contributed by atoms with Gasteiger partial charge in [0, 0.05) is 30.2 Å². The third-order valence-corrected chi connectivity index (χ3v) is 2.96. The molecule has 1 heterocycles. The van der Waals surface area contributed by atoms with Crippen molar-refractivity contribution in [1.82, 2.24) is 14.9 Å². The average Bonchev–Trinajstić information content (AvgIpc) is 2.87. The molecule has 0 aliphatic carbocycles.